The van der Waals surface area contributed by atoms with Gasteiger partial charge in [-0.1, -0.05) is 17.7 Å². The van der Waals surface area contributed by atoms with Crippen LogP contribution in [-0.4, -0.2) is 62.0 Å². The van der Waals surface area contributed by atoms with Gasteiger partial charge in [-0.15, -0.1) is 0 Å². The average Bonchev–Trinajstić information content (AvgIpc) is 3.55. The van der Waals surface area contributed by atoms with Crippen LogP contribution in [0.4, 0.5) is 10.1 Å². The monoisotopic (exact) mass is 529 g/mol. The SMILES string of the molecule is CN1CC=C(c2nc3n(n2)CCN(c2cnc4ccc(/C(=C/N)C(=N)c5cc(Cl)ccc5F)nc4c2)C3)C1. The number of allylic oxidation sites excluding steroid dienone is 1. The molecule has 4 aromatic rings. The number of nitrogens with one attached hydrogen (secondary N) is 1. The molecular formula is C27H25ClFN9. The highest BCUT2D eigenvalue weighted by molar-refractivity contribution is 6.33. The molecule has 192 valence electrons. The van der Waals surface area contributed by atoms with Gasteiger partial charge < -0.3 is 10.6 Å². The number of hydrogen-bond donors (Lipinski definition) is 2. The van der Waals surface area contributed by atoms with Gasteiger partial charge in [0, 0.05) is 47.6 Å². The van der Waals surface area contributed by atoms with Crippen LogP contribution in [0.3, 0.4) is 0 Å². The van der Waals surface area contributed by atoms with E-state index < -0.39 is 5.82 Å². The summed E-state index contributed by atoms with van der Waals surface area (Å²) in [5.74, 6) is 1.16. The zero-order chi connectivity index (χ0) is 26.4. The average molecular weight is 530 g/mol. The van der Waals surface area contributed by atoms with Gasteiger partial charge >= 0.3 is 0 Å². The Morgan fingerprint density at radius 3 is 2.76 bits per heavy atom. The number of halogens is 2. The largest absolute Gasteiger partial charge is 0.404 e. The van der Waals surface area contributed by atoms with E-state index in [2.05, 4.69) is 27.9 Å². The first-order chi connectivity index (χ1) is 18.4. The molecule has 0 aliphatic carbocycles. The van der Waals surface area contributed by atoms with E-state index in [0.29, 0.717) is 33.9 Å². The Bertz CT molecular complexity index is 1640. The lowest BCUT2D eigenvalue weighted by molar-refractivity contribution is 0.438. The van der Waals surface area contributed by atoms with Crippen LogP contribution in [0, 0.1) is 11.2 Å². The van der Waals surface area contributed by atoms with Crippen molar-refractivity contribution in [2.45, 2.75) is 13.1 Å². The Morgan fingerprint density at radius 1 is 1.11 bits per heavy atom. The van der Waals surface area contributed by atoms with Crippen LogP contribution in [0.5, 0.6) is 0 Å². The minimum absolute atomic E-state index is 0.0554. The molecule has 0 radical (unpaired) electrons. The molecule has 3 aromatic heterocycles. The van der Waals surface area contributed by atoms with Crippen LogP contribution in [0.2, 0.25) is 5.02 Å². The summed E-state index contributed by atoms with van der Waals surface area (Å²) in [5, 5.41) is 13.6. The topological polar surface area (TPSA) is 113 Å². The molecule has 9 nitrogen and oxygen atoms in total. The number of nitrogens with zero attached hydrogens (tertiary/aromatic N) is 7. The van der Waals surface area contributed by atoms with E-state index >= 15 is 0 Å². The first-order valence-corrected chi connectivity index (χ1v) is 12.6. The molecule has 38 heavy (non-hydrogen) atoms. The number of hydrogen-bond acceptors (Lipinski definition) is 8. The first-order valence-electron chi connectivity index (χ1n) is 12.2. The second-order valence-electron chi connectivity index (χ2n) is 9.43. The maximum absolute atomic E-state index is 14.4. The Morgan fingerprint density at radius 2 is 1.97 bits per heavy atom. The van der Waals surface area contributed by atoms with Crippen LogP contribution in [0.1, 0.15) is 22.9 Å². The molecule has 0 saturated heterocycles. The van der Waals surface area contributed by atoms with Crippen molar-refractivity contribution in [2.75, 3.05) is 31.6 Å². The molecule has 0 unspecified atom stereocenters. The summed E-state index contributed by atoms with van der Waals surface area (Å²) >= 11 is 6.04. The predicted octanol–water partition coefficient (Wildman–Crippen LogP) is 3.73. The fourth-order valence-electron chi connectivity index (χ4n) is 4.79. The molecule has 0 fully saturated rings. The summed E-state index contributed by atoms with van der Waals surface area (Å²) < 4.78 is 16.4. The number of nitrogens with two attached hydrogens (primary N) is 1. The normalized spacial score (nSPS) is 16.1. The van der Waals surface area contributed by atoms with Gasteiger partial charge in [-0.3, -0.25) is 15.3 Å². The third kappa shape index (κ3) is 4.42. The summed E-state index contributed by atoms with van der Waals surface area (Å²) in [6, 6.07) is 9.59. The quantitative estimate of drug-likeness (QED) is 0.379. The lowest BCUT2D eigenvalue weighted by Crippen LogP contribution is -2.34. The molecule has 1 aromatic carbocycles. The third-order valence-corrected chi connectivity index (χ3v) is 7.07. The zero-order valence-corrected chi connectivity index (χ0v) is 21.5. The van der Waals surface area contributed by atoms with Gasteiger partial charge in [-0.2, -0.15) is 5.10 Å². The summed E-state index contributed by atoms with van der Waals surface area (Å²) in [4.78, 5) is 18.6. The number of anilines is 1. The fraction of sp³-hybridized carbons (Fsp3) is 0.222. The van der Waals surface area contributed by atoms with E-state index in [1.54, 1.807) is 6.07 Å². The molecule has 0 atom stereocenters. The maximum Gasteiger partial charge on any atom is 0.178 e. The van der Waals surface area contributed by atoms with E-state index in [1.165, 1.54) is 24.4 Å². The van der Waals surface area contributed by atoms with Gasteiger partial charge in [-0.05, 0) is 43.4 Å². The highest BCUT2D eigenvalue weighted by Crippen LogP contribution is 2.27. The number of likely N-dealkylation sites (N-methyl/N-ethyl adjacent to an activating group) is 1. The Labute approximate surface area is 223 Å². The van der Waals surface area contributed by atoms with Crippen molar-refractivity contribution < 1.29 is 4.39 Å². The fourth-order valence-corrected chi connectivity index (χ4v) is 4.96. The van der Waals surface area contributed by atoms with Crippen LogP contribution in [-0.2, 0) is 13.1 Å². The minimum atomic E-state index is -0.555. The number of fused-ring (bicyclic) bond motifs is 2. The summed E-state index contributed by atoms with van der Waals surface area (Å²) in [7, 11) is 2.08. The van der Waals surface area contributed by atoms with E-state index in [-0.39, 0.29) is 11.3 Å². The van der Waals surface area contributed by atoms with Gasteiger partial charge in [-0.25, -0.2) is 19.0 Å². The Balaban J connectivity index is 1.28. The van der Waals surface area contributed by atoms with E-state index in [9.17, 15) is 4.39 Å². The van der Waals surface area contributed by atoms with E-state index in [4.69, 9.17) is 37.8 Å². The maximum atomic E-state index is 14.4. The number of benzene rings is 1. The van der Waals surface area contributed by atoms with Gasteiger partial charge in [0.15, 0.2) is 5.82 Å². The highest BCUT2D eigenvalue weighted by atomic mass is 35.5. The molecule has 11 heteroatoms. The second-order valence-corrected chi connectivity index (χ2v) is 9.87. The first kappa shape index (κ1) is 24.2. The van der Waals surface area contributed by atoms with Crippen molar-refractivity contribution in [3.05, 3.63) is 88.6 Å². The van der Waals surface area contributed by atoms with Crippen molar-refractivity contribution in [2.24, 2.45) is 5.73 Å². The Kier molecular flexibility index (Phi) is 6.13. The summed E-state index contributed by atoms with van der Waals surface area (Å²) in [6.45, 7) is 3.86. The Hall–Kier alpha value is -4.15. The molecule has 2 aliphatic heterocycles. The summed E-state index contributed by atoms with van der Waals surface area (Å²) in [6.07, 6.45) is 5.27. The predicted molar refractivity (Wildman–Crippen MR) is 146 cm³/mol. The van der Waals surface area contributed by atoms with Crippen molar-refractivity contribution >= 4 is 45.2 Å². The van der Waals surface area contributed by atoms with Crippen LogP contribution in [0.15, 0.2) is 54.9 Å². The van der Waals surface area contributed by atoms with E-state index in [1.807, 2.05) is 23.0 Å². The lowest BCUT2D eigenvalue weighted by Gasteiger charge is -2.28. The minimum Gasteiger partial charge on any atom is -0.404 e. The lowest BCUT2D eigenvalue weighted by atomic mass is 9.99. The van der Waals surface area contributed by atoms with Gasteiger partial charge in [0.25, 0.3) is 0 Å². The molecule has 3 N–H and O–H groups in total. The molecule has 0 bridgehead atoms. The molecule has 6 rings (SSSR count). The zero-order valence-electron chi connectivity index (χ0n) is 20.7. The van der Waals surface area contributed by atoms with Gasteiger partial charge in [0.1, 0.15) is 11.6 Å². The van der Waals surface area contributed by atoms with E-state index in [0.717, 1.165) is 49.1 Å². The molecular weight excluding hydrogens is 505 g/mol. The van der Waals surface area contributed by atoms with Crippen molar-refractivity contribution in [1.82, 2.24) is 29.6 Å². The molecule has 2 aliphatic rings. The number of aromatic nitrogens is 5. The smallest absolute Gasteiger partial charge is 0.178 e. The molecule has 0 amide bonds. The van der Waals surface area contributed by atoms with Crippen LogP contribution in [0.25, 0.3) is 22.2 Å². The molecule has 0 saturated carbocycles. The molecule has 0 spiro atoms. The summed E-state index contributed by atoms with van der Waals surface area (Å²) in [5.41, 5.74) is 10.00. The number of rotatable bonds is 5. The standard InChI is InChI=1S/C27H25ClFN9/c1-36-7-6-16(14-36)27-34-25-15-37(8-9-38(25)35-27)18-11-24-23(32-13-18)5-4-22(33-24)20(12-30)26(31)19-10-17(28)2-3-21(19)29/h2-6,10-13,31H,7-9,14-15,30H2,1H3/b20-12-,31-26?. The third-order valence-electron chi connectivity index (χ3n) is 6.84. The van der Waals surface area contributed by atoms with Gasteiger partial charge in [0.05, 0.1) is 47.4 Å². The van der Waals surface area contributed by atoms with Crippen LogP contribution >= 0.6 is 11.6 Å². The highest BCUT2D eigenvalue weighted by Gasteiger charge is 2.24. The van der Waals surface area contributed by atoms with Gasteiger partial charge in [0.2, 0.25) is 0 Å². The van der Waals surface area contributed by atoms with Crippen LogP contribution < -0.4 is 10.6 Å². The molecule has 5 heterocycles. The van der Waals surface area contributed by atoms with Crippen molar-refractivity contribution in [3.63, 3.8) is 0 Å². The second kappa shape index (κ2) is 9.62. The van der Waals surface area contributed by atoms with Crippen molar-refractivity contribution in [1.29, 1.82) is 5.41 Å². The number of pyridine rings is 2. The van der Waals surface area contributed by atoms with Crippen molar-refractivity contribution in [3.8, 4) is 0 Å².